The van der Waals surface area contributed by atoms with Gasteiger partial charge in [-0.05, 0) is 34.6 Å². The van der Waals surface area contributed by atoms with Gasteiger partial charge in [-0.25, -0.2) is 20.0 Å². The van der Waals surface area contributed by atoms with Gasteiger partial charge in [-0.3, -0.25) is 0 Å². The first kappa shape index (κ1) is 18.1. The summed E-state index contributed by atoms with van der Waals surface area (Å²) in [5, 5.41) is 11.9. The van der Waals surface area contributed by atoms with E-state index >= 15 is 0 Å². The van der Waals surface area contributed by atoms with Crippen LogP contribution in [0.2, 0.25) is 0 Å². The first-order chi connectivity index (χ1) is 8.84. The van der Waals surface area contributed by atoms with E-state index in [2.05, 4.69) is 21.0 Å². The van der Waals surface area contributed by atoms with Crippen LogP contribution in [0, 0.1) is 0 Å². The van der Waals surface area contributed by atoms with Gasteiger partial charge in [0.1, 0.15) is 5.66 Å². The number of urea groups is 2. The molecule has 0 heterocycles. The molecule has 0 saturated heterocycles. The number of nitrogens with zero attached hydrogens (tertiary/aromatic N) is 4. The van der Waals surface area contributed by atoms with E-state index in [1.807, 2.05) is 20.8 Å². The molecule has 4 amide bonds. The number of hydrogen-bond donors (Lipinski definition) is 2. The second-order valence-corrected chi connectivity index (χ2v) is 6.23. The quantitative estimate of drug-likeness (QED) is 0.598. The van der Waals surface area contributed by atoms with Crippen molar-refractivity contribution in [2.24, 2.45) is 10.2 Å². The molecule has 0 rings (SSSR count). The van der Waals surface area contributed by atoms with Crippen molar-refractivity contribution in [1.29, 1.82) is 0 Å². The molecule has 0 aromatic rings. The lowest BCUT2D eigenvalue weighted by Gasteiger charge is -2.26. The van der Waals surface area contributed by atoms with Crippen LogP contribution in [-0.2, 0) is 0 Å². The van der Waals surface area contributed by atoms with Gasteiger partial charge in [0, 0.05) is 21.1 Å². The third kappa shape index (κ3) is 7.55. The summed E-state index contributed by atoms with van der Waals surface area (Å²) in [4.78, 5) is 24.7. The Labute approximate surface area is 120 Å². The zero-order valence-corrected chi connectivity index (χ0v) is 13.6. The molecular weight excluding hydrogens is 260 g/mol. The molecule has 0 bridgehead atoms. The predicted molar refractivity (Wildman–Crippen MR) is 77.2 cm³/mol. The average Bonchev–Trinajstić information content (AvgIpc) is 2.23. The van der Waals surface area contributed by atoms with Crippen molar-refractivity contribution < 1.29 is 9.59 Å². The Bertz CT molecular complexity index is 384. The lowest BCUT2D eigenvalue weighted by atomic mass is 10.1. The van der Waals surface area contributed by atoms with Gasteiger partial charge in [0.15, 0.2) is 0 Å². The summed E-state index contributed by atoms with van der Waals surface area (Å²) in [6.45, 7) is 9.17. The van der Waals surface area contributed by atoms with Crippen LogP contribution < -0.4 is 10.7 Å². The maximum absolute atomic E-state index is 11.8. The summed E-state index contributed by atoms with van der Waals surface area (Å²) >= 11 is 0. The summed E-state index contributed by atoms with van der Waals surface area (Å²) in [5.74, 6) is 0. The van der Waals surface area contributed by atoms with E-state index in [-0.39, 0.29) is 11.6 Å². The molecular formula is C12H26N6O2. The van der Waals surface area contributed by atoms with Crippen LogP contribution in [0.15, 0.2) is 10.2 Å². The highest BCUT2D eigenvalue weighted by Gasteiger charge is 2.22. The van der Waals surface area contributed by atoms with E-state index in [9.17, 15) is 9.59 Å². The van der Waals surface area contributed by atoms with E-state index < -0.39 is 11.7 Å². The molecule has 0 radical (unpaired) electrons. The number of rotatable bonds is 2. The molecule has 0 atom stereocenters. The molecule has 116 valence electrons. The van der Waals surface area contributed by atoms with Crippen LogP contribution in [0.25, 0.3) is 0 Å². The lowest BCUT2D eigenvalue weighted by molar-refractivity contribution is 0.156. The van der Waals surface area contributed by atoms with Crippen molar-refractivity contribution in [2.45, 2.75) is 45.8 Å². The lowest BCUT2D eigenvalue weighted by Crippen LogP contribution is -2.55. The summed E-state index contributed by atoms with van der Waals surface area (Å²) in [6, 6.07) is -0.866. The molecule has 0 aliphatic carbocycles. The van der Waals surface area contributed by atoms with Crippen molar-refractivity contribution in [1.82, 2.24) is 20.7 Å². The maximum Gasteiger partial charge on any atom is 0.337 e. The molecule has 8 nitrogen and oxygen atoms in total. The van der Waals surface area contributed by atoms with Gasteiger partial charge in [-0.2, -0.15) is 10.2 Å². The van der Waals surface area contributed by atoms with Crippen LogP contribution in [0.4, 0.5) is 9.59 Å². The average molecular weight is 286 g/mol. The van der Waals surface area contributed by atoms with Gasteiger partial charge in [0.05, 0.1) is 5.54 Å². The highest BCUT2D eigenvalue weighted by atomic mass is 16.2. The maximum atomic E-state index is 11.8. The minimum absolute atomic E-state index is 0.312. The van der Waals surface area contributed by atoms with E-state index in [1.165, 1.54) is 11.9 Å². The Morgan fingerprint density at radius 1 is 0.950 bits per heavy atom. The topological polar surface area (TPSA) is 89.4 Å². The number of carbonyl (C=O) groups is 2. The Hall–Kier alpha value is -1.86. The van der Waals surface area contributed by atoms with Crippen molar-refractivity contribution in [2.75, 3.05) is 21.1 Å². The monoisotopic (exact) mass is 286 g/mol. The predicted octanol–water partition coefficient (Wildman–Crippen LogP) is 1.80. The summed E-state index contributed by atoms with van der Waals surface area (Å²) in [7, 11) is 4.66. The zero-order chi connectivity index (χ0) is 16.1. The third-order valence-electron chi connectivity index (χ3n) is 1.96. The SMILES string of the molecule is CN(C)C(=O)N(C)NC(=O)NC(C)(C)N=NC(C)(C)C. The molecule has 0 aromatic heterocycles. The fraction of sp³-hybridized carbons (Fsp3) is 0.833. The van der Waals surface area contributed by atoms with Gasteiger partial charge < -0.3 is 10.2 Å². The fourth-order valence-corrected chi connectivity index (χ4v) is 1.11. The van der Waals surface area contributed by atoms with Crippen LogP contribution in [0.1, 0.15) is 34.6 Å². The third-order valence-corrected chi connectivity index (χ3v) is 1.96. The standard InChI is InChI=1S/C12H26N6O2/c1-11(2,3)15-16-12(4,5)13-9(19)14-18(8)10(20)17(6)7/h1-8H3,(H2,13,14,19). The summed E-state index contributed by atoms with van der Waals surface area (Å²) in [5.41, 5.74) is 1.23. The zero-order valence-electron chi connectivity index (χ0n) is 13.6. The molecule has 0 fully saturated rings. The normalized spacial score (nSPS) is 12.2. The molecule has 8 heteroatoms. The van der Waals surface area contributed by atoms with Crippen molar-refractivity contribution >= 4 is 12.1 Å². The summed E-state index contributed by atoms with van der Waals surface area (Å²) < 4.78 is 0. The number of nitrogens with one attached hydrogen (secondary N) is 2. The number of azo groups is 1. The molecule has 0 unspecified atom stereocenters. The molecule has 2 N–H and O–H groups in total. The molecule has 0 aliphatic heterocycles. The molecule has 0 spiro atoms. The van der Waals surface area contributed by atoms with Gasteiger partial charge in [-0.15, -0.1) is 0 Å². The first-order valence-electron chi connectivity index (χ1n) is 6.32. The number of carbonyl (C=O) groups excluding carboxylic acids is 2. The Morgan fingerprint density at radius 2 is 1.45 bits per heavy atom. The largest absolute Gasteiger partial charge is 0.337 e. The van der Waals surface area contributed by atoms with Crippen LogP contribution >= 0.6 is 0 Å². The van der Waals surface area contributed by atoms with Crippen molar-refractivity contribution in [3.8, 4) is 0 Å². The second-order valence-electron chi connectivity index (χ2n) is 6.23. The highest BCUT2D eigenvalue weighted by Crippen LogP contribution is 2.12. The van der Waals surface area contributed by atoms with Gasteiger partial charge >= 0.3 is 12.1 Å². The Balaban J connectivity index is 4.53. The van der Waals surface area contributed by atoms with Gasteiger partial charge in [-0.1, -0.05) is 0 Å². The first-order valence-corrected chi connectivity index (χ1v) is 6.32. The molecule has 0 saturated carbocycles. The van der Waals surface area contributed by atoms with Crippen molar-refractivity contribution in [3.05, 3.63) is 0 Å². The van der Waals surface area contributed by atoms with Crippen LogP contribution in [0.5, 0.6) is 0 Å². The van der Waals surface area contributed by atoms with E-state index in [1.54, 1.807) is 27.9 Å². The highest BCUT2D eigenvalue weighted by molar-refractivity contribution is 5.80. The van der Waals surface area contributed by atoms with Gasteiger partial charge in [0.25, 0.3) is 0 Å². The second kappa shape index (κ2) is 6.53. The smallest absolute Gasteiger partial charge is 0.329 e. The number of hydrazine groups is 1. The summed E-state index contributed by atoms with van der Waals surface area (Å²) in [6.07, 6.45) is 0. The van der Waals surface area contributed by atoms with E-state index in [0.29, 0.717) is 0 Å². The minimum Gasteiger partial charge on any atom is -0.329 e. The van der Waals surface area contributed by atoms with Crippen LogP contribution in [0.3, 0.4) is 0 Å². The Kier molecular flexibility index (Phi) is 5.93. The molecule has 0 aliphatic rings. The number of amides is 4. The fourth-order valence-electron chi connectivity index (χ4n) is 1.11. The minimum atomic E-state index is -0.862. The number of hydrogen-bond acceptors (Lipinski definition) is 4. The molecule has 0 aromatic carbocycles. The van der Waals surface area contributed by atoms with Crippen LogP contribution in [-0.4, -0.2) is 54.3 Å². The van der Waals surface area contributed by atoms with E-state index in [4.69, 9.17) is 0 Å². The molecule has 20 heavy (non-hydrogen) atoms. The van der Waals surface area contributed by atoms with Crippen molar-refractivity contribution in [3.63, 3.8) is 0 Å². The van der Waals surface area contributed by atoms with Gasteiger partial charge in [0.2, 0.25) is 0 Å². The Morgan fingerprint density at radius 3 is 1.85 bits per heavy atom. The van der Waals surface area contributed by atoms with E-state index in [0.717, 1.165) is 5.01 Å².